The lowest BCUT2D eigenvalue weighted by atomic mass is 10.1. The maximum atomic E-state index is 12.6. The Morgan fingerprint density at radius 1 is 1.07 bits per heavy atom. The SMILES string of the molecule is CC(NC(=O)c1cc(-c2ccncc2)on1)c1cccc(OCc2ccccn2)c1. The lowest BCUT2D eigenvalue weighted by Gasteiger charge is -2.15. The number of hydrogen-bond acceptors (Lipinski definition) is 6. The van der Waals surface area contributed by atoms with E-state index in [4.69, 9.17) is 9.26 Å². The highest BCUT2D eigenvalue weighted by atomic mass is 16.5. The van der Waals surface area contributed by atoms with E-state index in [2.05, 4.69) is 20.4 Å². The summed E-state index contributed by atoms with van der Waals surface area (Å²) in [4.78, 5) is 20.8. The number of aromatic nitrogens is 3. The van der Waals surface area contributed by atoms with Gasteiger partial charge in [0.05, 0.1) is 11.7 Å². The summed E-state index contributed by atoms with van der Waals surface area (Å²) < 4.78 is 11.1. The topological polar surface area (TPSA) is 90.1 Å². The minimum atomic E-state index is -0.314. The lowest BCUT2D eigenvalue weighted by molar-refractivity contribution is 0.0930. The summed E-state index contributed by atoms with van der Waals surface area (Å²) in [6, 6.07) is 18.3. The number of carbonyl (C=O) groups is 1. The molecule has 1 aromatic carbocycles. The first-order valence-corrected chi connectivity index (χ1v) is 9.50. The predicted octanol–water partition coefficient (Wildman–Crippen LogP) is 4.20. The summed E-state index contributed by atoms with van der Waals surface area (Å²) in [6.45, 7) is 2.28. The van der Waals surface area contributed by atoms with Crippen molar-refractivity contribution in [3.05, 3.63) is 96.2 Å². The number of nitrogens with zero attached hydrogens (tertiary/aromatic N) is 3. The molecule has 1 atom stereocenters. The molecular weight excluding hydrogens is 380 g/mol. The fourth-order valence-electron chi connectivity index (χ4n) is 2.90. The zero-order valence-corrected chi connectivity index (χ0v) is 16.4. The van der Waals surface area contributed by atoms with Crippen molar-refractivity contribution < 1.29 is 14.1 Å². The number of rotatable bonds is 7. The number of nitrogens with one attached hydrogen (secondary N) is 1. The fraction of sp³-hybridized carbons (Fsp3) is 0.130. The second-order valence-corrected chi connectivity index (χ2v) is 6.69. The summed E-state index contributed by atoms with van der Waals surface area (Å²) in [6.07, 6.45) is 5.04. The van der Waals surface area contributed by atoms with Crippen LogP contribution in [0.5, 0.6) is 5.75 Å². The van der Waals surface area contributed by atoms with Crippen molar-refractivity contribution in [3.63, 3.8) is 0 Å². The number of carbonyl (C=O) groups excluding carboxylic acids is 1. The number of pyridine rings is 2. The Hall–Kier alpha value is -4.00. The van der Waals surface area contributed by atoms with E-state index in [1.807, 2.05) is 49.4 Å². The van der Waals surface area contributed by atoms with Gasteiger partial charge in [-0.05, 0) is 48.9 Å². The Morgan fingerprint density at radius 2 is 1.93 bits per heavy atom. The molecule has 0 aliphatic carbocycles. The minimum absolute atomic E-state index is 0.219. The number of ether oxygens (including phenoxy) is 1. The second-order valence-electron chi connectivity index (χ2n) is 6.69. The summed E-state index contributed by atoms with van der Waals surface area (Å²) in [7, 11) is 0. The normalized spacial score (nSPS) is 11.6. The molecule has 7 nitrogen and oxygen atoms in total. The largest absolute Gasteiger partial charge is 0.487 e. The zero-order chi connectivity index (χ0) is 20.8. The molecule has 0 saturated carbocycles. The molecule has 30 heavy (non-hydrogen) atoms. The van der Waals surface area contributed by atoms with Gasteiger partial charge >= 0.3 is 0 Å². The molecule has 150 valence electrons. The predicted molar refractivity (Wildman–Crippen MR) is 111 cm³/mol. The third kappa shape index (κ3) is 4.70. The van der Waals surface area contributed by atoms with E-state index < -0.39 is 0 Å². The van der Waals surface area contributed by atoms with Crippen molar-refractivity contribution in [1.29, 1.82) is 0 Å². The highest BCUT2D eigenvalue weighted by Crippen LogP contribution is 2.22. The fourth-order valence-corrected chi connectivity index (χ4v) is 2.90. The van der Waals surface area contributed by atoms with E-state index in [0.717, 1.165) is 16.8 Å². The van der Waals surface area contributed by atoms with Gasteiger partial charge in [-0.2, -0.15) is 0 Å². The van der Waals surface area contributed by atoms with Gasteiger partial charge in [0.25, 0.3) is 5.91 Å². The molecule has 0 saturated heterocycles. The van der Waals surface area contributed by atoms with Crippen LogP contribution in [-0.4, -0.2) is 21.0 Å². The van der Waals surface area contributed by atoms with Crippen molar-refractivity contribution in [2.24, 2.45) is 0 Å². The Labute approximate surface area is 173 Å². The molecule has 0 radical (unpaired) electrons. The van der Waals surface area contributed by atoms with E-state index in [-0.39, 0.29) is 17.6 Å². The lowest BCUT2D eigenvalue weighted by Crippen LogP contribution is -2.26. The molecule has 0 aliphatic heterocycles. The van der Waals surface area contributed by atoms with E-state index in [1.165, 1.54) is 0 Å². The molecule has 0 spiro atoms. The molecule has 1 N–H and O–H groups in total. The molecule has 0 bridgehead atoms. The molecular formula is C23H20N4O3. The van der Waals surface area contributed by atoms with Crippen molar-refractivity contribution >= 4 is 5.91 Å². The third-order valence-corrected chi connectivity index (χ3v) is 4.53. The number of benzene rings is 1. The van der Waals surface area contributed by atoms with Crippen LogP contribution >= 0.6 is 0 Å². The maximum absolute atomic E-state index is 12.6. The van der Waals surface area contributed by atoms with Gasteiger partial charge in [0.2, 0.25) is 0 Å². The molecule has 4 aromatic rings. The molecule has 1 unspecified atom stereocenters. The average molecular weight is 400 g/mol. The van der Waals surface area contributed by atoms with Crippen LogP contribution in [0, 0.1) is 0 Å². The van der Waals surface area contributed by atoms with E-state index >= 15 is 0 Å². The van der Waals surface area contributed by atoms with Crippen LogP contribution in [0.2, 0.25) is 0 Å². The standard InChI is InChI=1S/C23H20N4O3/c1-16(18-5-4-7-20(13-18)29-15-19-6-2-3-10-25-19)26-23(28)21-14-22(30-27-21)17-8-11-24-12-9-17/h2-14,16H,15H2,1H3,(H,26,28). The Balaban J connectivity index is 1.39. The van der Waals surface area contributed by atoms with Crippen molar-refractivity contribution in [2.75, 3.05) is 0 Å². The molecule has 4 rings (SSSR count). The van der Waals surface area contributed by atoms with Gasteiger partial charge in [0, 0.05) is 30.2 Å². The van der Waals surface area contributed by atoms with Gasteiger partial charge in [-0.25, -0.2) is 0 Å². The van der Waals surface area contributed by atoms with Crippen LogP contribution in [0.4, 0.5) is 0 Å². The van der Waals surface area contributed by atoms with Crippen LogP contribution in [0.3, 0.4) is 0 Å². The van der Waals surface area contributed by atoms with E-state index in [9.17, 15) is 4.79 Å². The van der Waals surface area contributed by atoms with E-state index in [1.54, 1.807) is 36.8 Å². The third-order valence-electron chi connectivity index (χ3n) is 4.53. The summed E-state index contributed by atoms with van der Waals surface area (Å²) in [5.74, 6) is 0.909. The van der Waals surface area contributed by atoms with Gasteiger partial charge in [0.15, 0.2) is 11.5 Å². The van der Waals surface area contributed by atoms with Crippen LogP contribution in [0.15, 0.2) is 83.8 Å². The average Bonchev–Trinajstić information content (AvgIpc) is 3.30. The first-order chi connectivity index (χ1) is 14.7. The van der Waals surface area contributed by atoms with Crippen molar-refractivity contribution in [3.8, 4) is 17.1 Å². The summed E-state index contributed by atoms with van der Waals surface area (Å²) >= 11 is 0. The highest BCUT2D eigenvalue weighted by Gasteiger charge is 2.17. The van der Waals surface area contributed by atoms with Gasteiger partial charge in [0.1, 0.15) is 12.4 Å². The second kappa shape index (κ2) is 9.00. The first kappa shape index (κ1) is 19.3. The van der Waals surface area contributed by atoms with Crippen LogP contribution in [-0.2, 0) is 6.61 Å². The van der Waals surface area contributed by atoms with Crippen LogP contribution in [0.25, 0.3) is 11.3 Å². The van der Waals surface area contributed by atoms with Crippen molar-refractivity contribution in [1.82, 2.24) is 20.4 Å². The van der Waals surface area contributed by atoms with E-state index in [0.29, 0.717) is 18.1 Å². The molecule has 3 heterocycles. The Bertz CT molecular complexity index is 1110. The van der Waals surface area contributed by atoms with Crippen LogP contribution < -0.4 is 10.1 Å². The maximum Gasteiger partial charge on any atom is 0.273 e. The van der Waals surface area contributed by atoms with Gasteiger partial charge in [-0.15, -0.1) is 0 Å². The Kier molecular flexibility index (Phi) is 5.80. The molecule has 7 heteroatoms. The molecule has 3 aromatic heterocycles. The Morgan fingerprint density at radius 3 is 2.73 bits per heavy atom. The minimum Gasteiger partial charge on any atom is -0.487 e. The van der Waals surface area contributed by atoms with Gasteiger partial charge < -0.3 is 14.6 Å². The number of hydrogen-bond donors (Lipinski definition) is 1. The van der Waals surface area contributed by atoms with Crippen LogP contribution in [0.1, 0.15) is 34.7 Å². The quantitative estimate of drug-likeness (QED) is 0.500. The number of amides is 1. The monoisotopic (exact) mass is 400 g/mol. The smallest absolute Gasteiger partial charge is 0.273 e. The molecule has 0 fully saturated rings. The molecule has 1 amide bonds. The molecule has 0 aliphatic rings. The zero-order valence-electron chi connectivity index (χ0n) is 16.4. The van der Waals surface area contributed by atoms with Gasteiger partial charge in [-0.3, -0.25) is 14.8 Å². The summed E-state index contributed by atoms with van der Waals surface area (Å²) in [5, 5.41) is 6.82. The first-order valence-electron chi connectivity index (χ1n) is 9.50. The highest BCUT2D eigenvalue weighted by molar-refractivity contribution is 5.93. The summed E-state index contributed by atoms with van der Waals surface area (Å²) in [5.41, 5.74) is 2.79. The van der Waals surface area contributed by atoms with Crippen molar-refractivity contribution in [2.45, 2.75) is 19.6 Å². The van der Waals surface area contributed by atoms with Gasteiger partial charge in [-0.1, -0.05) is 23.4 Å².